The Morgan fingerprint density at radius 1 is 1.31 bits per heavy atom. The summed E-state index contributed by atoms with van der Waals surface area (Å²) in [5.41, 5.74) is 5.26. The fourth-order valence-electron chi connectivity index (χ4n) is 1.04. The molecule has 0 aliphatic heterocycles. The molecule has 0 saturated carbocycles. The van der Waals surface area contributed by atoms with Crippen LogP contribution < -0.4 is 11.1 Å². The Hall–Kier alpha value is -1.92. The zero-order valence-corrected chi connectivity index (χ0v) is 8.17. The van der Waals surface area contributed by atoms with Gasteiger partial charge in [0.1, 0.15) is 5.84 Å². The number of oxime groups is 1. The highest BCUT2D eigenvalue weighted by molar-refractivity contribution is 5.80. The van der Waals surface area contributed by atoms with Crippen LogP contribution in [0.25, 0.3) is 0 Å². The summed E-state index contributed by atoms with van der Waals surface area (Å²) in [6.45, 7) is 0.209. The number of anilines is 1. The van der Waals surface area contributed by atoms with E-state index < -0.39 is 17.5 Å². The van der Waals surface area contributed by atoms with Gasteiger partial charge < -0.3 is 16.3 Å². The van der Waals surface area contributed by atoms with E-state index in [0.29, 0.717) is 0 Å². The molecule has 0 unspecified atom stereocenters. The average Bonchev–Trinajstić information content (AvgIpc) is 2.25. The summed E-state index contributed by atoms with van der Waals surface area (Å²) < 4.78 is 38.1. The lowest BCUT2D eigenvalue weighted by Crippen LogP contribution is -2.16. The molecular formula is C9H10F3N3O. The first kappa shape index (κ1) is 12.2. The average molecular weight is 233 g/mol. The summed E-state index contributed by atoms with van der Waals surface area (Å²) in [5, 5.41) is 13.5. The minimum atomic E-state index is -1.51. The van der Waals surface area contributed by atoms with Crippen molar-refractivity contribution < 1.29 is 18.4 Å². The Morgan fingerprint density at radius 2 is 1.88 bits per heavy atom. The van der Waals surface area contributed by atoms with Gasteiger partial charge in [-0.3, -0.25) is 0 Å². The van der Waals surface area contributed by atoms with Gasteiger partial charge in [-0.2, -0.15) is 0 Å². The first-order chi connectivity index (χ1) is 7.54. The monoisotopic (exact) mass is 233 g/mol. The summed E-state index contributed by atoms with van der Waals surface area (Å²) in [5.74, 6) is -4.07. The maximum Gasteiger partial charge on any atom is 0.194 e. The highest BCUT2D eigenvalue weighted by atomic mass is 19.2. The Kier molecular flexibility index (Phi) is 3.98. The maximum absolute atomic E-state index is 12.7. The number of amidine groups is 1. The molecule has 0 amide bonds. The van der Waals surface area contributed by atoms with Crippen LogP contribution in [0.15, 0.2) is 17.3 Å². The van der Waals surface area contributed by atoms with E-state index in [-0.39, 0.29) is 24.5 Å². The number of nitrogens with one attached hydrogen (secondary N) is 1. The van der Waals surface area contributed by atoms with Gasteiger partial charge in [0, 0.05) is 30.8 Å². The molecule has 0 fully saturated rings. The van der Waals surface area contributed by atoms with Crippen molar-refractivity contribution >= 4 is 11.5 Å². The molecule has 0 aliphatic rings. The third-order valence-corrected chi connectivity index (χ3v) is 1.82. The minimum Gasteiger partial charge on any atom is -0.409 e. The number of hydrogen-bond donors (Lipinski definition) is 3. The van der Waals surface area contributed by atoms with Crippen LogP contribution in [0.5, 0.6) is 0 Å². The Bertz CT molecular complexity index is 386. The lowest BCUT2D eigenvalue weighted by molar-refractivity contribution is 0.317. The molecule has 1 aromatic carbocycles. The number of nitrogens with two attached hydrogens (primary N) is 1. The Balaban J connectivity index is 2.62. The first-order valence-electron chi connectivity index (χ1n) is 4.39. The number of nitrogens with zero attached hydrogens (tertiary/aromatic N) is 1. The van der Waals surface area contributed by atoms with E-state index in [9.17, 15) is 13.2 Å². The van der Waals surface area contributed by atoms with E-state index in [4.69, 9.17) is 10.9 Å². The fourth-order valence-corrected chi connectivity index (χ4v) is 1.04. The normalized spacial score (nSPS) is 11.6. The molecule has 0 atom stereocenters. The zero-order chi connectivity index (χ0) is 12.1. The quantitative estimate of drug-likeness (QED) is 0.243. The van der Waals surface area contributed by atoms with Gasteiger partial charge in [0.05, 0.1) is 0 Å². The number of benzene rings is 1. The Labute approximate surface area is 89.6 Å². The van der Waals surface area contributed by atoms with Crippen molar-refractivity contribution in [2.24, 2.45) is 10.9 Å². The summed E-state index contributed by atoms with van der Waals surface area (Å²) >= 11 is 0. The number of halogens is 3. The molecule has 88 valence electrons. The van der Waals surface area contributed by atoms with Gasteiger partial charge in [-0.1, -0.05) is 5.16 Å². The van der Waals surface area contributed by atoms with Gasteiger partial charge >= 0.3 is 0 Å². The van der Waals surface area contributed by atoms with E-state index in [2.05, 4.69) is 10.5 Å². The van der Waals surface area contributed by atoms with Crippen LogP contribution in [-0.4, -0.2) is 17.6 Å². The molecule has 4 nitrogen and oxygen atoms in total. The van der Waals surface area contributed by atoms with Gasteiger partial charge in [-0.15, -0.1) is 0 Å². The van der Waals surface area contributed by atoms with Crippen molar-refractivity contribution in [2.75, 3.05) is 11.9 Å². The van der Waals surface area contributed by atoms with Crippen LogP contribution in [-0.2, 0) is 0 Å². The summed E-state index contributed by atoms with van der Waals surface area (Å²) in [6, 6.07) is 1.65. The van der Waals surface area contributed by atoms with Gasteiger partial charge in [0.25, 0.3) is 0 Å². The first-order valence-corrected chi connectivity index (χ1v) is 4.39. The molecule has 0 heterocycles. The van der Waals surface area contributed by atoms with Crippen LogP contribution >= 0.6 is 0 Å². The van der Waals surface area contributed by atoms with Crippen molar-refractivity contribution in [2.45, 2.75) is 6.42 Å². The molecule has 0 aliphatic carbocycles. The van der Waals surface area contributed by atoms with Gasteiger partial charge in [0.15, 0.2) is 17.5 Å². The highest BCUT2D eigenvalue weighted by Gasteiger charge is 2.09. The molecule has 0 radical (unpaired) electrons. The predicted octanol–water partition coefficient (Wildman–Crippen LogP) is 1.65. The van der Waals surface area contributed by atoms with Gasteiger partial charge in [0.2, 0.25) is 0 Å². The Morgan fingerprint density at radius 3 is 2.38 bits per heavy atom. The molecule has 0 bridgehead atoms. The molecule has 16 heavy (non-hydrogen) atoms. The predicted molar refractivity (Wildman–Crippen MR) is 52.8 cm³/mol. The molecule has 4 N–H and O–H groups in total. The van der Waals surface area contributed by atoms with Crippen molar-refractivity contribution in [1.29, 1.82) is 0 Å². The third kappa shape index (κ3) is 3.04. The van der Waals surface area contributed by atoms with E-state index in [1.54, 1.807) is 0 Å². The fraction of sp³-hybridized carbons (Fsp3) is 0.222. The largest absolute Gasteiger partial charge is 0.409 e. The van der Waals surface area contributed by atoms with Crippen molar-refractivity contribution in [1.82, 2.24) is 0 Å². The van der Waals surface area contributed by atoms with Crippen LogP contribution in [0.1, 0.15) is 6.42 Å². The molecule has 7 heteroatoms. The summed E-state index contributed by atoms with van der Waals surface area (Å²) in [4.78, 5) is 0. The SMILES string of the molecule is NC(CCNc1cc(F)c(F)c(F)c1)=NO. The molecular weight excluding hydrogens is 223 g/mol. The van der Waals surface area contributed by atoms with E-state index >= 15 is 0 Å². The number of rotatable bonds is 4. The molecule has 0 aromatic heterocycles. The van der Waals surface area contributed by atoms with Crippen molar-refractivity contribution in [3.8, 4) is 0 Å². The van der Waals surface area contributed by atoms with E-state index in [1.165, 1.54) is 0 Å². The summed E-state index contributed by atoms with van der Waals surface area (Å²) in [7, 11) is 0. The zero-order valence-electron chi connectivity index (χ0n) is 8.17. The molecule has 0 spiro atoms. The summed E-state index contributed by atoms with van der Waals surface area (Å²) in [6.07, 6.45) is 0.192. The van der Waals surface area contributed by atoms with Crippen LogP contribution in [0.2, 0.25) is 0 Å². The standard InChI is InChI=1S/C9H10F3N3O/c10-6-3-5(4-7(11)9(6)12)14-2-1-8(13)15-16/h3-4,14,16H,1-2H2,(H2,13,15). The molecule has 1 aromatic rings. The van der Waals surface area contributed by atoms with Crippen LogP contribution in [0.4, 0.5) is 18.9 Å². The van der Waals surface area contributed by atoms with Gasteiger partial charge in [-0.05, 0) is 0 Å². The van der Waals surface area contributed by atoms with Gasteiger partial charge in [-0.25, -0.2) is 13.2 Å². The van der Waals surface area contributed by atoms with Crippen molar-refractivity contribution in [3.05, 3.63) is 29.6 Å². The van der Waals surface area contributed by atoms with E-state index in [0.717, 1.165) is 12.1 Å². The molecule has 0 saturated heterocycles. The molecule has 1 rings (SSSR count). The highest BCUT2D eigenvalue weighted by Crippen LogP contribution is 2.17. The smallest absolute Gasteiger partial charge is 0.194 e. The van der Waals surface area contributed by atoms with Crippen LogP contribution in [0, 0.1) is 17.5 Å². The van der Waals surface area contributed by atoms with Crippen LogP contribution in [0.3, 0.4) is 0 Å². The third-order valence-electron chi connectivity index (χ3n) is 1.82. The lowest BCUT2D eigenvalue weighted by Gasteiger charge is -2.06. The van der Waals surface area contributed by atoms with Crippen molar-refractivity contribution in [3.63, 3.8) is 0 Å². The number of hydrogen-bond acceptors (Lipinski definition) is 3. The maximum atomic E-state index is 12.7. The minimum absolute atomic E-state index is 0.0180. The second kappa shape index (κ2) is 5.24. The second-order valence-electron chi connectivity index (χ2n) is 3.02. The van der Waals surface area contributed by atoms with E-state index in [1.807, 2.05) is 0 Å². The lowest BCUT2D eigenvalue weighted by atomic mass is 10.2. The second-order valence-corrected chi connectivity index (χ2v) is 3.02. The topological polar surface area (TPSA) is 70.6 Å².